The van der Waals surface area contributed by atoms with E-state index in [1.807, 2.05) is 22.1 Å². The number of likely N-dealkylation sites (tertiary alicyclic amines) is 2. The Labute approximate surface area is 283 Å². The fraction of sp³-hybridized carbons (Fsp3) is 0.588. The number of pyridine rings is 1. The maximum absolute atomic E-state index is 13.4. The second-order valence-electron chi connectivity index (χ2n) is 12.6. The first-order chi connectivity index (χ1) is 21.2. The number of aryl methyl sites for hydroxylation is 2. The fourth-order valence-electron chi connectivity index (χ4n) is 7.21. The van der Waals surface area contributed by atoms with Crippen LogP contribution in [0.2, 0.25) is 5.02 Å². The summed E-state index contributed by atoms with van der Waals surface area (Å²) in [6.07, 6.45) is 10.5. The number of amides is 3. The third-order valence-electron chi connectivity index (χ3n) is 9.70. The first-order valence-corrected chi connectivity index (χ1v) is 18.1. The van der Waals surface area contributed by atoms with E-state index in [4.69, 9.17) is 16.6 Å². The van der Waals surface area contributed by atoms with Gasteiger partial charge in [-0.15, -0.1) is 0 Å². The summed E-state index contributed by atoms with van der Waals surface area (Å²) in [6.45, 7) is 5.68. The van der Waals surface area contributed by atoms with Gasteiger partial charge in [0.05, 0.1) is 5.69 Å². The van der Waals surface area contributed by atoms with E-state index in [0.29, 0.717) is 44.7 Å². The summed E-state index contributed by atoms with van der Waals surface area (Å²) in [5.41, 5.74) is 5.01. The topological polar surface area (TPSA) is 82.6 Å². The molecule has 1 aliphatic carbocycles. The minimum atomic E-state index is 0.0253. The molecule has 0 radical (unpaired) electrons. The van der Waals surface area contributed by atoms with Crippen molar-refractivity contribution < 1.29 is 14.4 Å². The van der Waals surface area contributed by atoms with Crippen LogP contribution >= 0.6 is 43.5 Å². The van der Waals surface area contributed by atoms with Gasteiger partial charge in [-0.1, -0.05) is 40.9 Å². The van der Waals surface area contributed by atoms with Gasteiger partial charge in [-0.3, -0.25) is 19.4 Å². The van der Waals surface area contributed by atoms with Crippen molar-refractivity contribution in [2.75, 3.05) is 32.7 Å². The highest BCUT2D eigenvalue weighted by Gasteiger charge is 2.36. The molecule has 3 amide bonds. The molecule has 0 spiro atoms. The Morgan fingerprint density at radius 2 is 1.86 bits per heavy atom. The van der Waals surface area contributed by atoms with Crippen molar-refractivity contribution in [2.24, 2.45) is 11.8 Å². The highest BCUT2D eigenvalue weighted by molar-refractivity contribution is 9.10. The summed E-state index contributed by atoms with van der Waals surface area (Å²) in [5.74, 6) is 1.22. The first kappa shape index (κ1) is 33.4. The molecule has 1 N–H and O–H groups in total. The molecule has 2 fully saturated rings. The SMILES string of the molecule is CCC(CCNC(=O)CCCN1CCCC1=O)CC(=O)N1CCC([C@H]2c3ncc(Br)cc3CCc3cc(Cl)cc(Br)c32)CC1. The van der Waals surface area contributed by atoms with Crippen LogP contribution < -0.4 is 5.32 Å². The lowest BCUT2D eigenvalue weighted by Gasteiger charge is -2.37. The molecule has 2 aliphatic heterocycles. The van der Waals surface area contributed by atoms with Crippen LogP contribution in [0.1, 0.15) is 93.0 Å². The predicted molar refractivity (Wildman–Crippen MR) is 181 cm³/mol. The van der Waals surface area contributed by atoms with Gasteiger partial charge >= 0.3 is 0 Å². The second-order valence-corrected chi connectivity index (χ2v) is 14.8. The van der Waals surface area contributed by atoms with E-state index in [9.17, 15) is 14.4 Å². The van der Waals surface area contributed by atoms with Gasteiger partial charge < -0.3 is 15.1 Å². The molecule has 0 bridgehead atoms. The smallest absolute Gasteiger partial charge is 0.222 e. The van der Waals surface area contributed by atoms with E-state index in [-0.39, 0.29) is 29.6 Å². The molecule has 10 heteroatoms. The molecule has 5 rings (SSSR count). The Bertz CT molecular complexity index is 1360. The molecule has 3 heterocycles. The van der Waals surface area contributed by atoms with E-state index in [0.717, 1.165) is 84.2 Å². The van der Waals surface area contributed by atoms with E-state index in [2.05, 4.69) is 56.2 Å². The monoisotopic (exact) mass is 748 g/mol. The van der Waals surface area contributed by atoms with Crippen LogP contribution in [-0.4, -0.2) is 65.2 Å². The molecule has 1 aromatic carbocycles. The number of hydrogen-bond acceptors (Lipinski definition) is 4. The Hall–Kier alpha value is -1.97. The molecule has 2 atom stereocenters. The molecule has 1 aromatic heterocycles. The lowest BCUT2D eigenvalue weighted by atomic mass is 9.76. The molecule has 238 valence electrons. The first-order valence-electron chi connectivity index (χ1n) is 16.2. The van der Waals surface area contributed by atoms with Crippen LogP contribution in [0.15, 0.2) is 33.3 Å². The summed E-state index contributed by atoms with van der Waals surface area (Å²) in [5, 5.41) is 3.77. The van der Waals surface area contributed by atoms with Gasteiger partial charge in [0.1, 0.15) is 0 Å². The highest BCUT2D eigenvalue weighted by atomic mass is 79.9. The molecule has 7 nitrogen and oxygen atoms in total. The van der Waals surface area contributed by atoms with E-state index >= 15 is 0 Å². The zero-order chi connectivity index (χ0) is 31.2. The Kier molecular flexibility index (Phi) is 11.8. The van der Waals surface area contributed by atoms with E-state index < -0.39 is 0 Å². The minimum Gasteiger partial charge on any atom is -0.356 e. The summed E-state index contributed by atoms with van der Waals surface area (Å²) in [4.78, 5) is 46.3. The maximum atomic E-state index is 13.4. The van der Waals surface area contributed by atoms with Gasteiger partial charge in [0.2, 0.25) is 17.7 Å². The van der Waals surface area contributed by atoms with Gasteiger partial charge in [0.25, 0.3) is 0 Å². The normalized spacial score (nSPS) is 19.4. The summed E-state index contributed by atoms with van der Waals surface area (Å²) >= 11 is 13.9. The minimum absolute atomic E-state index is 0.0253. The number of fused-ring (bicyclic) bond motifs is 2. The number of halogens is 3. The number of nitrogens with zero attached hydrogens (tertiary/aromatic N) is 3. The summed E-state index contributed by atoms with van der Waals surface area (Å²) in [7, 11) is 0. The number of piperidine rings is 1. The number of rotatable bonds is 11. The zero-order valence-corrected chi connectivity index (χ0v) is 29.5. The van der Waals surface area contributed by atoms with Gasteiger partial charge in [-0.2, -0.15) is 0 Å². The van der Waals surface area contributed by atoms with Gasteiger partial charge in [0.15, 0.2) is 0 Å². The van der Waals surface area contributed by atoms with Crippen molar-refractivity contribution >= 4 is 61.2 Å². The molecular weight excluding hydrogens is 708 g/mol. The second kappa shape index (κ2) is 15.5. The van der Waals surface area contributed by atoms with Crippen LogP contribution in [-0.2, 0) is 27.2 Å². The lowest BCUT2D eigenvalue weighted by molar-refractivity contribution is -0.133. The van der Waals surface area contributed by atoms with E-state index in [1.165, 1.54) is 16.7 Å². The van der Waals surface area contributed by atoms with Crippen LogP contribution in [0.5, 0.6) is 0 Å². The summed E-state index contributed by atoms with van der Waals surface area (Å²) in [6, 6.07) is 6.32. The quantitative estimate of drug-likeness (QED) is 0.267. The van der Waals surface area contributed by atoms with Crippen molar-refractivity contribution in [2.45, 2.75) is 83.5 Å². The molecule has 44 heavy (non-hydrogen) atoms. The number of aromatic nitrogens is 1. The van der Waals surface area contributed by atoms with Crippen molar-refractivity contribution in [1.29, 1.82) is 0 Å². The van der Waals surface area contributed by atoms with Crippen LogP contribution in [0.4, 0.5) is 0 Å². The molecule has 0 saturated carbocycles. The average molecular weight is 751 g/mol. The molecule has 2 saturated heterocycles. The zero-order valence-electron chi connectivity index (χ0n) is 25.6. The Morgan fingerprint density at radius 1 is 1.09 bits per heavy atom. The standard InChI is InChI=1S/C34H43Br2ClN4O3/c1-2-22(9-12-38-29(42)5-3-13-40-14-4-6-30(40)43)17-31(44)41-15-10-23(11-16-41)33-32-24(19-27(37)20-28(32)36)7-8-25-18-26(35)21-39-34(25)33/h18-23,33H,2-17H2,1H3,(H,38,42)/t22?,33-/m1/s1. The van der Waals surface area contributed by atoms with Crippen LogP contribution in [0, 0.1) is 11.8 Å². The summed E-state index contributed by atoms with van der Waals surface area (Å²) < 4.78 is 2.04. The molecule has 1 unspecified atom stereocenters. The van der Waals surface area contributed by atoms with Crippen molar-refractivity contribution in [3.8, 4) is 0 Å². The number of carbonyl (C=O) groups is 3. The molecule has 3 aliphatic rings. The van der Waals surface area contributed by atoms with E-state index in [1.54, 1.807) is 0 Å². The van der Waals surface area contributed by atoms with Crippen LogP contribution in [0.3, 0.4) is 0 Å². The molecule has 2 aromatic rings. The Balaban J connectivity index is 1.13. The largest absolute Gasteiger partial charge is 0.356 e. The van der Waals surface area contributed by atoms with Crippen molar-refractivity contribution in [3.63, 3.8) is 0 Å². The number of nitrogens with one attached hydrogen (secondary N) is 1. The van der Waals surface area contributed by atoms with Crippen molar-refractivity contribution in [3.05, 3.63) is 60.7 Å². The highest BCUT2D eigenvalue weighted by Crippen LogP contribution is 2.46. The predicted octanol–water partition coefficient (Wildman–Crippen LogP) is 7.05. The number of carbonyl (C=O) groups excluding carboxylic acids is 3. The third kappa shape index (κ3) is 8.24. The third-order valence-corrected chi connectivity index (χ3v) is 11.0. The number of hydrogen-bond donors (Lipinski definition) is 1. The van der Waals surface area contributed by atoms with Gasteiger partial charge in [-0.25, -0.2) is 0 Å². The van der Waals surface area contributed by atoms with Gasteiger partial charge in [-0.05, 0) is 108 Å². The molecular formula is C34H43Br2ClN4O3. The van der Waals surface area contributed by atoms with Gasteiger partial charge in [0, 0.05) is 78.1 Å². The van der Waals surface area contributed by atoms with Crippen LogP contribution in [0.25, 0.3) is 0 Å². The average Bonchev–Trinajstić information content (AvgIpc) is 3.33. The fourth-order valence-corrected chi connectivity index (χ4v) is 8.71. The Morgan fingerprint density at radius 3 is 2.59 bits per heavy atom. The van der Waals surface area contributed by atoms with Crippen molar-refractivity contribution in [1.82, 2.24) is 20.1 Å². The maximum Gasteiger partial charge on any atom is 0.222 e. The lowest BCUT2D eigenvalue weighted by Crippen LogP contribution is -2.41. The number of benzene rings is 1.